The van der Waals surface area contributed by atoms with Crippen molar-refractivity contribution in [2.24, 2.45) is 0 Å². The standard InChI is InChI=1S/C9H7F2N3O2/c1-5-4-7(14(15)16)6(2-3-12)13-8(5)9(10)11/h4,9H,2H2,1H3. The number of alkyl halides is 2. The fourth-order valence-corrected chi connectivity index (χ4v) is 1.24. The number of nitrogens with zero attached hydrogens (tertiary/aromatic N) is 3. The Hall–Kier alpha value is -2.10. The number of pyridine rings is 1. The summed E-state index contributed by atoms with van der Waals surface area (Å²) in [6.07, 6.45) is -3.17. The smallest absolute Gasteiger partial charge is 0.258 e. The second-order valence-corrected chi connectivity index (χ2v) is 3.05. The first-order valence-electron chi connectivity index (χ1n) is 4.27. The van der Waals surface area contributed by atoms with Crippen LogP contribution in [0.15, 0.2) is 6.07 Å². The summed E-state index contributed by atoms with van der Waals surface area (Å²) >= 11 is 0. The van der Waals surface area contributed by atoms with Crippen molar-refractivity contribution in [3.63, 3.8) is 0 Å². The maximum absolute atomic E-state index is 12.5. The van der Waals surface area contributed by atoms with Crippen molar-refractivity contribution >= 4 is 5.69 Å². The van der Waals surface area contributed by atoms with Crippen LogP contribution in [-0.4, -0.2) is 9.91 Å². The molecule has 7 heteroatoms. The molecule has 5 nitrogen and oxygen atoms in total. The number of hydrogen-bond acceptors (Lipinski definition) is 4. The van der Waals surface area contributed by atoms with Gasteiger partial charge in [-0.25, -0.2) is 13.8 Å². The first kappa shape index (κ1) is 12.0. The van der Waals surface area contributed by atoms with Crippen LogP contribution in [0.4, 0.5) is 14.5 Å². The van der Waals surface area contributed by atoms with Gasteiger partial charge in [0.1, 0.15) is 11.4 Å². The largest absolute Gasteiger partial charge is 0.292 e. The van der Waals surface area contributed by atoms with Crippen LogP contribution in [0, 0.1) is 28.4 Å². The summed E-state index contributed by atoms with van der Waals surface area (Å²) in [7, 11) is 0. The van der Waals surface area contributed by atoms with E-state index in [2.05, 4.69) is 4.98 Å². The van der Waals surface area contributed by atoms with Gasteiger partial charge in [0, 0.05) is 6.07 Å². The van der Waals surface area contributed by atoms with Crippen LogP contribution in [0.2, 0.25) is 0 Å². The molecule has 0 bridgehead atoms. The van der Waals surface area contributed by atoms with E-state index >= 15 is 0 Å². The average Bonchev–Trinajstić information content (AvgIpc) is 2.19. The van der Waals surface area contributed by atoms with Gasteiger partial charge in [0.05, 0.1) is 17.4 Å². The Labute approximate surface area is 89.5 Å². The lowest BCUT2D eigenvalue weighted by Crippen LogP contribution is -2.04. The molecule has 1 rings (SSSR count). The van der Waals surface area contributed by atoms with Crippen molar-refractivity contribution in [2.45, 2.75) is 19.8 Å². The molecule has 0 atom stereocenters. The van der Waals surface area contributed by atoms with Crippen LogP contribution in [0.25, 0.3) is 0 Å². The molecule has 1 heterocycles. The fraction of sp³-hybridized carbons (Fsp3) is 0.333. The molecule has 0 spiro atoms. The van der Waals surface area contributed by atoms with E-state index in [1.807, 2.05) is 0 Å². The SMILES string of the molecule is Cc1cc([N+](=O)[O-])c(CC#N)nc1C(F)F. The molecular formula is C9H7F2N3O2. The third-order valence-corrected chi connectivity index (χ3v) is 1.96. The van der Waals surface area contributed by atoms with Crippen molar-refractivity contribution in [2.75, 3.05) is 0 Å². The lowest BCUT2D eigenvalue weighted by molar-refractivity contribution is -0.385. The lowest BCUT2D eigenvalue weighted by atomic mass is 10.1. The molecule has 1 aromatic rings. The van der Waals surface area contributed by atoms with Gasteiger partial charge in [-0.1, -0.05) is 0 Å². The van der Waals surface area contributed by atoms with E-state index < -0.39 is 22.7 Å². The van der Waals surface area contributed by atoms with Crippen LogP contribution in [0.1, 0.15) is 23.4 Å². The number of hydrogen-bond donors (Lipinski definition) is 0. The van der Waals surface area contributed by atoms with Gasteiger partial charge in [0.15, 0.2) is 0 Å². The van der Waals surface area contributed by atoms with E-state index in [0.29, 0.717) is 0 Å². The lowest BCUT2D eigenvalue weighted by Gasteiger charge is -2.06. The number of nitriles is 1. The Morgan fingerprint density at radius 1 is 1.69 bits per heavy atom. The quantitative estimate of drug-likeness (QED) is 0.586. The van der Waals surface area contributed by atoms with Crippen molar-refractivity contribution in [1.82, 2.24) is 4.98 Å². The Bertz CT molecular complexity index is 469. The summed E-state index contributed by atoms with van der Waals surface area (Å²) in [5.74, 6) is 0. The summed E-state index contributed by atoms with van der Waals surface area (Å²) in [5, 5.41) is 19.0. The highest BCUT2D eigenvalue weighted by atomic mass is 19.3. The Morgan fingerprint density at radius 3 is 2.75 bits per heavy atom. The summed E-state index contributed by atoms with van der Waals surface area (Å²) < 4.78 is 24.9. The highest BCUT2D eigenvalue weighted by Crippen LogP contribution is 2.26. The third-order valence-electron chi connectivity index (χ3n) is 1.96. The molecule has 1 aromatic heterocycles. The molecular weight excluding hydrogens is 220 g/mol. The molecule has 0 saturated carbocycles. The van der Waals surface area contributed by atoms with E-state index in [1.165, 1.54) is 6.92 Å². The maximum atomic E-state index is 12.5. The van der Waals surface area contributed by atoms with E-state index in [1.54, 1.807) is 6.07 Å². The van der Waals surface area contributed by atoms with Gasteiger partial charge in [-0.2, -0.15) is 5.26 Å². The van der Waals surface area contributed by atoms with Crippen LogP contribution in [0.3, 0.4) is 0 Å². The topological polar surface area (TPSA) is 79.8 Å². The van der Waals surface area contributed by atoms with Crippen LogP contribution >= 0.6 is 0 Å². The molecule has 0 N–H and O–H groups in total. The second kappa shape index (κ2) is 4.61. The molecule has 0 aliphatic rings. The second-order valence-electron chi connectivity index (χ2n) is 3.05. The van der Waals surface area contributed by atoms with E-state index in [4.69, 9.17) is 5.26 Å². The molecule has 0 aromatic carbocycles. The number of halogens is 2. The van der Waals surface area contributed by atoms with Gasteiger partial charge in [0.2, 0.25) is 0 Å². The summed E-state index contributed by atoms with van der Waals surface area (Å²) in [6, 6.07) is 2.67. The van der Waals surface area contributed by atoms with E-state index in [-0.39, 0.29) is 17.7 Å². The first-order chi connectivity index (χ1) is 7.47. The van der Waals surface area contributed by atoms with Crippen molar-refractivity contribution in [1.29, 1.82) is 5.26 Å². The van der Waals surface area contributed by atoms with Gasteiger partial charge >= 0.3 is 0 Å². The third kappa shape index (κ3) is 2.28. The van der Waals surface area contributed by atoms with Crippen molar-refractivity contribution in [3.8, 4) is 6.07 Å². The molecule has 84 valence electrons. The van der Waals surface area contributed by atoms with Gasteiger partial charge in [-0.15, -0.1) is 0 Å². The Balaban J connectivity index is 3.38. The number of nitro groups is 1. The summed E-state index contributed by atoms with van der Waals surface area (Å²) in [5.41, 5.74) is -1.10. The molecule has 0 aliphatic heterocycles. The normalized spacial score (nSPS) is 10.2. The van der Waals surface area contributed by atoms with Crippen LogP contribution in [0.5, 0.6) is 0 Å². The average molecular weight is 227 g/mol. The van der Waals surface area contributed by atoms with E-state index in [9.17, 15) is 18.9 Å². The Kier molecular flexibility index (Phi) is 3.45. The molecule has 16 heavy (non-hydrogen) atoms. The first-order valence-corrected chi connectivity index (χ1v) is 4.27. The predicted octanol–water partition coefficient (Wildman–Crippen LogP) is 2.30. The van der Waals surface area contributed by atoms with Crippen molar-refractivity contribution < 1.29 is 13.7 Å². The fourth-order valence-electron chi connectivity index (χ4n) is 1.24. The zero-order valence-electron chi connectivity index (χ0n) is 8.28. The van der Waals surface area contributed by atoms with Crippen LogP contribution < -0.4 is 0 Å². The highest BCUT2D eigenvalue weighted by Gasteiger charge is 2.21. The molecule has 0 amide bonds. The minimum Gasteiger partial charge on any atom is -0.258 e. The number of aromatic nitrogens is 1. The number of rotatable bonds is 3. The van der Waals surface area contributed by atoms with Gasteiger partial charge in [0.25, 0.3) is 12.1 Å². The summed E-state index contributed by atoms with van der Waals surface area (Å²) in [6.45, 7) is 1.32. The van der Waals surface area contributed by atoms with E-state index in [0.717, 1.165) is 6.07 Å². The minimum atomic E-state index is -2.81. The Morgan fingerprint density at radius 2 is 2.31 bits per heavy atom. The maximum Gasteiger partial charge on any atom is 0.292 e. The van der Waals surface area contributed by atoms with Crippen molar-refractivity contribution in [3.05, 3.63) is 33.1 Å². The predicted molar refractivity (Wildman–Crippen MR) is 49.9 cm³/mol. The van der Waals surface area contributed by atoms with Gasteiger partial charge in [-0.05, 0) is 12.5 Å². The summed E-state index contributed by atoms with van der Waals surface area (Å²) in [4.78, 5) is 13.3. The zero-order chi connectivity index (χ0) is 12.3. The monoisotopic (exact) mass is 227 g/mol. The van der Waals surface area contributed by atoms with Gasteiger partial charge < -0.3 is 0 Å². The highest BCUT2D eigenvalue weighted by molar-refractivity contribution is 5.42. The number of aryl methyl sites for hydroxylation is 1. The molecule has 0 aliphatic carbocycles. The minimum absolute atomic E-state index is 0.0448. The molecule has 0 radical (unpaired) electrons. The molecule has 0 fully saturated rings. The molecule has 0 unspecified atom stereocenters. The van der Waals surface area contributed by atoms with Gasteiger partial charge in [-0.3, -0.25) is 10.1 Å². The van der Waals surface area contributed by atoms with Crippen LogP contribution in [-0.2, 0) is 6.42 Å². The molecule has 0 saturated heterocycles. The zero-order valence-corrected chi connectivity index (χ0v) is 8.28.